The summed E-state index contributed by atoms with van der Waals surface area (Å²) in [6, 6.07) is 6.27. The van der Waals surface area contributed by atoms with Crippen molar-refractivity contribution in [1.82, 2.24) is 20.3 Å². The molecule has 2 aliphatic rings. The summed E-state index contributed by atoms with van der Waals surface area (Å²) in [5, 5.41) is 3.17. The number of hydrogen-bond acceptors (Lipinski definition) is 7. The van der Waals surface area contributed by atoms with E-state index >= 15 is 0 Å². The van der Waals surface area contributed by atoms with Crippen molar-refractivity contribution in [3.8, 4) is 5.75 Å². The average molecular weight is 436 g/mol. The Bertz CT molecular complexity index is 1120. The molecule has 5 rings (SSSR count). The van der Waals surface area contributed by atoms with Crippen molar-refractivity contribution in [2.75, 3.05) is 18.0 Å². The zero-order chi connectivity index (χ0) is 21.4. The van der Waals surface area contributed by atoms with E-state index < -0.39 is 0 Å². The number of rotatable bonds is 7. The van der Waals surface area contributed by atoms with E-state index in [1.54, 1.807) is 17.5 Å². The predicted molar refractivity (Wildman–Crippen MR) is 122 cm³/mol. The Kier molecular flexibility index (Phi) is 5.31. The standard InChI is InChI=1S/C23H25N5O2S/c1-3-4-15-7-19(22-20(8-15)31-13-25-22)30-18-9-16(10-18)23(29)27-17-11-28(12-17)21-5-6-24-14(2)26-21/h3,5-8,13,16-18H,1,4,9-12H2,2H3,(H,27,29). The molecule has 31 heavy (non-hydrogen) atoms. The van der Waals surface area contributed by atoms with Crippen LogP contribution in [0.3, 0.4) is 0 Å². The number of nitrogens with one attached hydrogen (secondary N) is 1. The molecule has 3 aromatic rings. The van der Waals surface area contributed by atoms with E-state index in [4.69, 9.17) is 4.74 Å². The SMILES string of the molecule is C=CCc1cc(OC2CC(C(=O)NC3CN(c4ccnc(C)n4)C3)C2)c2ncsc2c1. The summed E-state index contributed by atoms with van der Waals surface area (Å²) in [6.45, 7) is 7.28. The molecular formula is C23H25N5O2S. The molecule has 2 fully saturated rings. The van der Waals surface area contributed by atoms with E-state index in [9.17, 15) is 4.79 Å². The van der Waals surface area contributed by atoms with Crippen molar-refractivity contribution in [1.29, 1.82) is 0 Å². The van der Waals surface area contributed by atoms with Crippen molar-refractivity contribution in [2.45, 2.75) is 38.3 Å². The van der Waals surface area contributed by atoms with Gasteiger partial charge in [0.25, 0.3) is 0 Å². The summed E-state index contributed by atoms with van der Waals surface area (Å²) in [7, 11) is 0. The smallest absolute Gasteiger partial charge is 0.223 e. The van der Waals surface area contributed by atoms with Crippen molar-refractivity contribution >= 4 is 33.3 Å². The fraction of sp³-hybridized carbons (Fsp3) is 0.391. The van der Waals surface area contributed by atoms with Crippen LogP contribution in [-0.4, -0.2) is 46.1 Å². The molecule has 1 aliphatic carbocycles. The van der Waals surface area contributed by atoms with Gasteiger partial charge in [-0.3, -0.25) is 4.79 Å². The highest BCUT2D eigenvalue weighted by Gasteiger charge is 2.39. The van der Waals surface area contributed by atoms with Crippen LogP contribution >= 0.6 is 11.3 Å². The molecule has 3 heterocycles. The van der Waals surface area contributed by atoms with Crippen molar-refractivity contribution in [3.63, 3.8) is 0 Å². The van der Waals surface area contributed by atoms with Crippen LogP contribution in [0.25, 0.3) is 10.2 Å². The highest BCUT2D eigenvalue weighted by atomic mass is 32.1. The van der Waals surface area contributed by atoms with E-state index in [0.29, 0.717) is 0 Å². The number of amides is 1. The van der Waals surface area contributed by atoms with Crippen LogP contribution in [0.4, 0.5) is 5.82 Å². The van der Waals surface area contributed by atoms with Crippen molar-refractivity contribution in [3.05, 3.63) is 53.9 Å². The van der Waals surface area contributed by atoms with Crippen LogP contribution < -0.4 is 15.0 Å². The van der Waals surface area contributed by atoms with E-state index in [1.807, 2.05) is 24.6 Å². The number of allylic oxidation sites excluding steroid dienone is 1. The number of fused-ring (bicyclic) bond motifs is 1. The minimum absolute atomic E-state index is 0.0163. The second-order valence-corrected chi connectivity index (χ2v) is 9.15. The molecular weight excluding hydrogens is 410 g/mol. The third-order valence-electron chi connectivity index (χ3n) is 5.91. The van der Waals surface area contributed by atoms with E-state index in [1.165, 1.54) is 5.56 Å². The first kappa shape index (κ1) is 19.9. The molecule has 0 spiro atoms. The van der Waals surface area contributed by atoms with Gasteiger partial charge in [-0.15, -0.1) is 17.9 Å². The van der Waals surface area contributed by atoms with Crippen LogP contribution in [0.5, 0.6) is 5.75 Å². The first-order valence-corrected chi connectivity index (χ1v) is 11.5. The van der Waals surface area contributed by atoms with Gasteiger partial charge < -0.3 is 15.0 Å². The monoisotopic (exact) mass is 435 g/mol. The third kappa shape index (κ3) is 4.12. The van der Waals surface area contributed by atoms with Crippen LogP contribution in [0.15, 0.2) is 42.6 Å². The third-order valence-corrected chi connectivity index (χ3v) is 6.69. The molecule has 1 aromatic carbocycles. The lowest BCUT2D eigenvalue weighted by Crippen LogP contribution is -2.61. The lowest BCUT2D eigenvalue weighted by Gasteiger charge is -2.42. The minimum atomic E-state index is 0.0163. The highest BCUT2D eigenvalue weighted by molar-refractivity contribution is 7.16. The summed E-state index contributed by atoms with van der Waals surface area (Å²) < 4.78 is 7.35. The molecule has 0 bridgehead atoms. The summed E-state index contributed by atoms with van der Waals surface area (Å²) in [4.78, 5) is 27.8. The Morgan fingerprint density at radius 1 is 1.35 bits per heavy atom. The van der Waals surface area contributed by atoms with E-state index in [2.05, 4.69) is 43.9 Å². The summed E-state index contributed by atoms with van der Waals surface area (Å²) >= 11 is 1.61. The number of hydrogen-bond donors (Lipinski definition) is 1. The molecule has 0 unspecified atom stereocenters. The Morgan fingerprint density at radius 3 is 2.97 bits per heavy atom. The number of ether oxygens (including phenoxy) is 1. The van der Waals surface area contributed by atoms with Gasteiger partial charge in [-0.1, -0.05) is 6.08 Å². The maximum absolute atomic E-state index is 12.6. The number of aromatic nitrogens is 3. The van der Waals surface area contributed by atoms with E-state index in [0.717, 1.165) is 60.0 Å². The Balaban J connectivity index is 1.12. The second-order valence-electron chi connectivity index (χ2n) is 8.27. The van der Waals surface area contributed by atoms with Gasteiger partial charge in [-0.25, -0.2) is 15.0 Å². The van der Waals surface area contributed by atoms with Crippen LogP contribution in [0.1, 0.15) is 24.2 Å². The Hall–Kier alpha value is -3.00. The highest BCUT2D eigenvalue weighted by Crippen LogP contribution is 2.36. The lowest BCUT2D eigenvalue weighted by atomic mass is 9.81. The molecule has 1 N–H and O–H groups in total. The predicted octanol–water partition coefficient (Wildman–Crippen LogP) is 3.29. The fourth-order valence-corrected chi connectivity index (χ4v) is 4.87. The molecule has 8 heteroatoms. The molecule has 0 radical (unpaired) electrons. The number of thiazole rings is 1. The maximum Gasteiger partial charge on any atom is 0.223 e. The second kappa shape index (κ2) is 8.26. The molecule has 1 aliphatic heterocycles. The van der Waals surface area contributed by atoms with Gasteiger partial charge in [0, 0.05) is 25.2 Å². The first-order valence-electron chi connectivity index (χ1n) is 10.6. The molecule has 1 saturated carbocycles. The van der Waals surface area contributed by atoms with Gasteiger partial charge >= 0.3 is 0 Å². The Morgan fingerprint density at radius 2 is 2.19 bits per heavy atom. The van der Waals surface area contributed by atoms with Gasteiger partial charge in [0.15, 0.2) is 0 Å². The van der Waals surface area contributed by atoms with Gasteiger partial charge in [0.1, 0.15) is 29.0 Å². The van der Waals surface area contributed by atoms with Crippen LogP contribution in [-0.2, 0) is 11.2 Å². The zero-order valence-electron chi connectivity index (χ0n) is 17.5. The molecule has 2 aromatic heterocycles. The normalized spacial score (nSPS) is 20.7. The van der Waals surface area contributed by atoms with E-state index in [-0.39, 0.29) is 24.0 Å². The quantitative estimate of drug-likeness (QED) is 0.574. The number of anilines is 1. The molecule has 1 saturated heterocycles. The first-order chi connectivity index (χ1) is 15.1. The van der Waals surface area contributed by atoms with Gasteiger partial charge in [-0.05, 0) is 49.9 Å². The molecule has 0 atom stereocenters. The molecule has 1 amide bonds. The maximum atomic E-state index is 12.6. The summed E-state index contributed by atoms with van der Waals surface area (Å²) in [6.07, 6.45) is 6.00. The van der Waals surface area contributed by atoms with Crippen molar-refractivity contribution < 1.29 is 9.53 Å². The number of benzene rings is 1. The number of aryl methyl sites for hydroxylation is 1. The zero-order valence-corrected chi connectivity index (χ0v) is 18.3. The largest absolute Gasteiger partial charge is 0.488 e. The number of carbonyl (C=O) groups excluding carboxylic acids is 1. The van der Waals surface area contributed by atoms with Crippen LogP contribution in [0.2, 0.25) is 0 Å². The average Bonchev–Trinajstić information content (AvgIpc) is 3.15. The minimum Gasteiger partial charge on any atom is -0.488 e. The lowest BCUT2D eigenvalue weighted by molar-refractivity contribution is -0.131. The number of nitrogens with zero attached hydrogens (tertiary/aromatic N) is 4. The topological polar surface area (TPSA) is 80.2 Å². The van der Waals surface area contributed by atoms with Gasteiger partial charge in [0.2, 0.25) is 5.91 Å². The van der Waals surface area contributed by atoms with Gasteiger partial charge in [-0.2, -0.15) is 0 Å². The Labute approximate surface area is 185 Å². The fourth-order valence-electron chi connectivity index (χ4n) is 4.12. The van der Waals surface area contributed by atoms with Gasteiger partial charge in [0.05, 0.1) is 16.3 Å². The summed E-state index contributed by atoms with van der Waals surface area (Å²) in [5.74, 6) is 2.64. The number of carbonyl (C=O) groups is 1. The summed E-state index contributed by atoms with van der Waals surface area (Å²) in [5.41, 5.74) is 3.92. The molecule has 7 nitrogen and oxygen atoms in total. The molecule has 160 valence electrons. The van der Waals surface area contributed by atoms with Crippen molar-refractivity contribution in [2.24, 2.45) is 5.92 Å². The van der Waals surface area contributed by atoms with Crippen LogP contribution in [0, 0.1) is 12.8 Å².